The van der Waals surface area contributed by atoms with Crippen LogP contribution in [0.1, 0.15) is 0 Å². The van der Waals surface area contributed by atoms with Crippen LogP contribution in [0.15, 0.2) is 143 Å². The summed E-state index contributed by atoms with van der Waals surface area (Å²) in [5, 5.41) is 4.32. The second-order valence-electron chi connectivity index (χ2n) is 9.65. The summed E-state index contributed by atoms with van der Waals surface area (Å²) in [6.07, 6.45) is 3.57. The molecular weight excluding hydrogens is 480 g/mol. The van der Waals surface area contributed by atoms with E-state index in [-0.39, 0.29) is 0 Å². The zero-order chi connectivity index (χ0) is 25.8. The normalized spacial score (nSPS) is 11.6. The van der Waals surface area contributed by atoms with Gasteiger partial charge in [-0.15, -0.1) is 0 Å². The maximum Gasteiger partial charge on any atom is 0.159 e. The Morgan fingerprint density at radius 3 is 2.10 bits per heavy atom. The highest BCUT2D eigenvalue weighted by Gasteiger charge is 2.20. The third-order valence-electron chi connectivity index (χ3n) is 7.38. The molecule has 4 heteroatoms. The van der Waals surface area contributed by atoms with E-state index in [1.165, 1.54) is 11.1 Å². The van der Waals surface area contributed by atoms with E-state index < -0.39 is 0 Å². The molecule has 184 valence electrons. The van der Waals surface area contributed by atoms with Gasteiger partial charge in [0.25, 0.3) is 0 Å². The average molecular weight is 503 g/mol. The molecule has 0 spiro atoms. The molecule has 0 saturated carbocycles. The molecule has 0 amide bonds. The van der Waals surface area contributed by atoms with E-state index in [1.54, 1.807) is 12.4 Å². The van der Waals surface area contributed by atoms with Crippen molar-refractivity contribution in [2.24, 2.45) is 0 Å². The lowest BCUT2D eigenvalue weighted by Crippen LogP contribution is -2.10. The molecule has 3 heterocycles. The molecule has 39 heavy (non-hydrogen) atoms. The van der Waals surface area contributed by atoms with Gasteiger partial charge in [-0.25, -0.2) is 0 Å². The Morgan fingerprint density at radius 2 is 1.21 bits per heavy atom. The molecular formula is C35H22N2O2. The molecule has 0 aliphatic heterocycles. The molecule has 0 bridgehead atoms. The van der Waals surface area contributed by atoms with Crippen LogP contribution in [0.5, 0.6) is 0 Å². The van der Waals surface area contributed by atoms with Crippen LogP contribution in [-0.2, 0) is 0 Å². The van der Waals surface area contributed by atoms with Gasteiger partial charge in [-0.1, -0.05) is 72.8 Å². The fourth-order valence-corrected chi connectivity index (χ4v) is 5.53. The summed E-state index contributed by atoms with van der Waals surface area (Å²) < 4.78 is 12.7. The highest BCUT2D eigenvalue weighted by Crippen LogP contribution is 2.43. The molecule has 0 atom stereocenters. The number of nitrogens with zero attached hydrogens (tertiary/aromatic N) is 2. The van der Waals surface area contributed by atoms with Crippen LogP contribution >= 0.6 is 0 Å². The van der Waals surface area contributed by atoms with Gasteiger partial charge in [0.15, 0.2) is 11.2 Å². The molecule has 8 aromatic rings. The van der Waals surface area contributed by atoms with Crippen molar-refractivity contribution >= 4 is 60.9 Å². The molecule has 3 aromatic heterocycles. The van der Waals surface area contributed by atoms with Gasteiger partial charge in [-0.3, -0.25) is 4.98 Å². The Morgan fingerprint density at radius 1 is 0.487 bits per heavy atom. The number of fused-ring (bicyclic) bond motifs is 6. The first-order valence-electron chi connectivity index (χ1n) is 13.0. The van der Waals surface area contributed by atoms with Crippen molar-refractivity contribution in [3.8, 4) is 11.1 Å². The number of para-hydroxylation sites is 2. The summed E-state index contributed by atoms with van der Waals surface area (Å²) in [4.78, 5) is 6.47. The van der Waals surface area contributed by atoms with Crippen LogP contribution in [-0.4, -0.2) is 4.98 Å². The van der Waals surface area contributed by atoms with Crippen molar-refractivity contribution in [1.29, 1.82) is 0 Å². The smallest absolute Gasteiger partial charge is 0.159 e. The van der Waals surface area contributed by atoms with Gasteiger partial charge >= 0.3 is 0 Å². The molecule has 0 aliphatic rings. The number of benzene rings is 5. The molecule has 0 unspecified atom stereocenters. The number of furan rings is 2. The van der Waals surface area contributed by atoms with Crippen LogP contribution in [0.3, 0.4) is 0 Å². The number of pyridine rings is 1. The van der Waals surface area contributed by atoms with Gasteiger partial charge in [0.05, 0.1) is 17.6 Å². The third-order valence-corrected chi connectivity index (χ3v) is 7.38. The van der Waals surface area contributed by atoms with E-state index in [9.17, 15) is 0 Å². The van der Waals surface area contributed by atoms with Crippen molar-refractivity contribution in [1.82, 2.24) is 4.98 Å². The van der Waals surface area contributed by atoms with Crippen molar-refractivity contribution in [3.05, 3.63) is 134 Å². The highest BCUT2D eigenvalue weighted by atomic mass is 16.3. The first-order valence-corrected chi connectivity index (χ1v) is 13.0. The molecule has 0 aliphatic carbocycles. The Labute approximate surface area is 224 Å². The zero-order valence-corrected chi connectivity index (χ0v) is 20.9. The summed E-state index contributed by atoms with van der Waals surface area (Å²) in [6.45, 7) is 0. The SMILES string of the molecule is c1ccc(-c2ccc(N(c3ccc4c(c3)oc3cnccc34)c3cccc4c3oc3ccccc34)cc2)cc1. The number of anilines is 3. The molecule has 0 fully saturated rings. The topological polar surface area (TPSA) is 42.4 Å². The molecule has 0 N–H and O–H groups in total. The summed E-state index contributed by atoms with van der Waals surface area (Å²) >= 11 is 0. The summed E-state index contributed by atoms with van der Waals surface area (Å²) in [5.74, 6) is 0. The number of hydrogen-bond donors (Lipinski definition) is 0. The first kappa shape index (κ1) is 21.7. The first-order chi connectivity index (χ1) is 19.3. The van der Waals surface area contributed by atoms with Crippen LogP contribution in [0.2, 0.25) is 0 Å². The van der Waals surface area contributed by atoms with Crippen LogP contribution in [0.25, 0.3) is 55.0 Å². The Kier molecular flexibility index (Phi) is 4.79. The number of rotatable bonds is 4. The van der Waals surface area contributed by atoms with Crippen molar-refractivity contribution in [2.75, 3.05) is 4.90 Å². The molecule has 5 aromatic carbocycles. The number of hydrogen-bond acceptors (Lipinski definition) is 4. The predicted molar refractivity (Wildman–Crippen MR) is 159 cm³/mol. The lowest BCUT2D eigenvalue weighted by Gasteiger charge is -2.25. The van der Waals surface area contributed by atoms with E-state index in [1.807, 2.05) is 24.3 Å². The maximum atomic E-state index is 6.46. The quantitative estimate of drug-likeness (QED) is 0.240. The standard InChI is InChI=1S/C35H22N2O2/c1-2-7-23(8-3-1)24-13-15-25(16-14-24)37(26-17-18-28-29-19-20-36-22-34(29)38-33(28)21-26)31-11-6-10-30-27-9-4-5-12-32(27)39-35(30)31/h1-22H. The lowest BCUT2D eigenvalue weighted by atomic mass is 10.0. The van der Waals surface area contributed by atoms with Crippen LogP contribution < -0.4 is 4.90 Å². The van der Waals surface area contributed by atoms with E-state index in [2.05, 4.69) is 107 Å². The zero-order valence-electron chi connectivity index (χ0n) is 20.9. The minimum absolute atomic E-state index is 0.780. The van der Waals surface area contributed by atoms with Crippen LogP contribution in [0.4, 0.5) is 17.1 Å². The third kappa shape index (κ3) is 3.50. The molecule has 0 radical (unpaired) electrons. The lowest BCUT2D eigenvalue weighted by molar-refractivity contribution is 0.666. The van der Waals surface area contributed by atoms with E-state index in [4.69, 9.17) is 8.83 Å². The second-order valence-corrected chi connectivity index (χ2v) is 9.65. The Bertz CT molecular complexity index is 2120. The summed E-state index contributed by atoms with van der Waals surface area (Å²) in [6, 6.07) is 42.0. The van der Waals surface area contributed by atoms with E-state index in [0.717, 1.165) is 60.9 Å². The fourth-order valence-electron chi connectivity index (χ4n) is 5.53. The Balaban J connectivity index is 1.35. The van der Waals surface area contributed by atoms with Crippen molar-refractivity contribution in [3.63, 3.8) is 0 Å². The number of aromatic nitrogens is 1. The largest absolute Gasteiger partial charge is 0.454 e. The van der Waals surface area contributed by atoms with Crippen molar-refractivity contribution < 1.29 is 8.83 Å². The van der Waals surface area contributed by atoms with Gasteiger partial charge in [0, 0.05) is 39.5 Å². The van der Waals surface area contributed by atoms with Crippen LogP contribution in [0, 0.1) is 0 Å². The minimum atomic E-state index is 0.780. The fraction of sp³-hybridized carbons (Fsp3) is 0. The van der Waals surface area contributed by atoms with Crippen molar-refractivity contribution in [2.45, 2.75) is 0 Å². The highest BCUT2D eigenvalue weighted by molar-refractivity contribution is 6.11. The molecule has 4 nitrogen and oxygen atoms in total. The predicted octanol–water partition coefficient (Wildman–Crippen LogP) is 10.0. The van der Waals surface area contributed by atoms with Gasteiger partial charge in [0.1, 0.15) is 11.2 Å². The monoisotopic (exact) mass is 502 g/mol. The average Bonchev–Trinajstić information content (AvgIpc) is 3.57. The minimum Gasteiger partial charge on any atom is -0.454 e. The van der Waals surface area contributed by atoms with E-state index >= 15 is 0 Å². The Hall–Kier alpha value is -5.35. The summed E-state index contributed by atoms with van der Waals surface area (Å²) in [5.41, 5.74) is 8.65. The van der Waals surface area contributed by atoms with Gasteiger partial charge in [-0.05, 0) is 53.6 Å². The van der Waals surface area contributed by atoms with Gasteiger partial charge < -0.3 is 13.7 Å². The molecule has 8 rings (SSSR count). The van der Waals surface area contributed by atoms with Gasteiger partial charge in [-0.2, -0.15) is 0 Å². The second kappa shape index (κ2) is 8.61. The molecule has 0 saturated heterocycles. The summed E-state index contributed by atoms with van der Waals surface area (Å²) in [7, 11) is 0. The maximum absolute atomic E-state index is 6.46. The van der Waals surface area contributed by atoms with E-state index in [0.29, 0.717) is 0 Å². The van der Waals surface area contributed by atoms with Gasteiger partial charge in [0.2, 0.25) is 0 Å².